The summed E-state index contributed by atoms with van der Waals surface area (Å²) in [7, 11) is 0. The fourth-order valence-corrected chi connectivity index (χ4v) is 1.44. The molecule has 1 unspecified atom stereocenters. The summed E-state index contributed by atoms with van der Waals surface area (Å²) >= 11 is 5.85. The Morgan fingerprint density at radius 3 is 3.09 bits per heavy atom. The molecule has 0 aromatic rings. The van der Waals surface area contributed by atoms with E-state index < -0.39 is 0 Å². The molecule has 56 valence electrons. The van der Waals surface area contributed by atoms with Crippen LogP contribution in [0.1, 0.15) is 0 Å². The first-order valence-corrected chi connectivity index (χ1v) is 3.98. The van der Waals surface area contributed by atoms with Gasteiger partial charge in [-0.1, -0.05) is 35.9 Å². The van der Waals surface area contributed by atoms with Crippen molar-refractivity contribution in [2.24, 2.45) is 0 Å². The van der Waals surface area contributed by atoms with Gasteiger partial charge in [0, 0.05) is 5.70 Å². The highest BCUT2D eigenvalue weighted by Crippen LogP contribution is 2.21. The van der Waals surface area contributed by atoms with E-state index in [4.69, 9.17) is 11.6 Å². The van der Waals surface area contributed by atoms with Crippen LogP contribution in [0.3, 0.4) is 0 Å². The lowest BCUT2D eigenvalue weighted by Crippen LogP contribution is -2.13. The van der Waals surface area contributed by atoms with Crippen LogP contribution in [-0.2, 0) is 0 Å². The van der Waals surface area contributed by atoms with Crippen LogP contribution < -0.4 is 5.32 Å². The second-order valence-corrected chi connectivity index (χ2v) is 2.96. The van der Waals surface area contributed by atoms with E-state index in [9.17, 15) is 0 Å². The maximum Gasteiger partial charge on any atom is 0.121 e. The molecular weight excluding hydrogens is 158 g/mol. The van der Waals surface area contributed by atoms with E-state index in [0.29, 0.717) is 0 Å². The Balaban J connectivity index is 2.39. The Morgan fingerprint density at radius 1 is 1.27 bits per heavy atom. The number of fused-ring (bicyclic) bond motifs is 1. The van der Waals surface area contributed by atoms with E-state index in [-0.39, 0.29) is 5.50 Å². The summed E-state index contributed by atoms with van der Waals surface area (Å²) in [5.41, 5.74) is 2.23. The molecule has 2 aliphatic rings. The SMILES string of the molecule is ClC1C=C2C=CC=CC=C2N1. The molecule has 11 heavy (non-hydrogen) atoms. The topological polar surface area (TPSA) is 12.0 Å². The minimum absolute atomic E-state index is 0.0487. The largest absolute Gasteiger partial charge is 0.366 e. The molecule has 1 nitrogen and oxygen atoms in total. The van der Waals surface area contributed by atoms with E-state index in [1.54, 1.807) is 0 Å². The molecular formula is C9H8ClN. The van der Waals surface area contributed by atoms with Gasteiger partial charge < -0.3 is 5.32 Å². The molecule has 1 N–H and O–H groups in total. The molecule has 0 saturated heterocycles. The fraction of sp³-hybridized carbons (Fsp3) is 0.111. The third kappa shape index (κ3) is 1.24. The molecule has 2 heteroatoms. The van der Waals surface area contributed by atoms with Crippen molar-refractivity contribution in [2.45, 2.75) is 5.50 Å². The van der Waals surface area contributed by atoms with Gasteiger partial charge in [-0.2, -0.15) is 0 Å². The van der Waals surface area contributed by atoms with E-state index in [1.807, 2.05) is 36.5 Å². The van der Waals surface area contributed by atoms with E-state index in [2.05, 4.69) is 5.32 Å². The third-order valence-corrected chi connectivity index (χ3v) is 1.93. The summed E-state index contributed by atoms with van der Waals surface area (Å²) in [6, 6.07) is 0. The van der Waals surface area contributed by atoms with Gasteiger partial charge in [0.25, 0.3) is 0 Å². The van der Waals surface area contributed by atoms with Gasteiger partial charge in [0.15, 0.2) is 0 Å². The van der Waals surface area contributed by atoms with Crippen LogP contribution in [-0.4, -0.2) is 5.50 Å². The second-order valence-electron chi connectivity index (χ2n) is 2.49. The van der Waals surface area contributed by atoms with Crippen molar-refractivity contribution in [3.63, 3.8) is 0 Å². The standard InChI is InChI=1S/C9H8ClN/c10-9-6-7-4-2-1-3-5-8(7)11-9/h1-6,9,11H. The second kappa shape index (κ2) is 2.59. The first-order chi connectivity index (χ1) is 5.36. The Morgan fingerprint density at radius 2 is 2.18 bits per heavy atom. The molecule has 1 aliphatic heterocycles. The Bertz CT molecular complexity index is 284. The van der Waals surface area contributed by atoms with Crippen molar-refractivity contribution in [2.75, 3.05) is 0 Å². The van der Waals surface area contributed by atoms with Gasteiger partial charge in [-0.05, 0) is 17.7 Å². The normalized spacial score (nSPS) is 26.8. The number of rotatable bonds is 0. The minimum atomic E-state index is -0.0487. The van der Waals surface area contributed by atoms with Crippen LogP contribution in [0.25, 0.3) is 0 Å². The highest BCUT2D eigenvalue weighted by molar-refractivity contribution is 6.22. The number of hydrogen-bond donors (Lipinski definition) is 1. The van der Waals surface area contributed by atoms with Crippen molar-refractivity contribution in [3.8, 4) is 0 Å². The summed E-state index contributed by atoms with van der Waals surface area (Å²) in [6.45, 7) is 0. The number of hydrogen-bond acceptors (Lipinski definition) is 1. The van der Waals surface area contributed by atoms with Crippen molar-refractivity contribution in [1.82, 2.24) is 5.32 Å². The van der Waals surface area contributed by atoms with Crippen LogP contribution in [0.4, 0.5) is 0 Å². The average molecular weight is 166 g/mol. The summed E-state index contributed by atoms with van der Waals surface area (Å²) in [5, 5.41) is 3.13. The van der Waals surface area contributed by atoms with Gasteiger partial charge >= 0.3 is 0 Å². The fourth-order valence-electron chi connectivity index (χ4n) is 1.19. The molecule has 0 aromatic heterocycles. The van der Waals surface area contributed by atoms with Crippen LogP contribution in [0.5, 0.6) is 0 Å². The highest BCUT2D eigenvalue weighted by Gasteiger charge is 2.14. The quantitative estimate of drug-likeness (QED) is 0.428. The lowest BCUT2D eigenvalue weighted by Gasteiger charge is -2.01. The molecule has 0 saturated carbocycles. The van der Waals surface area contributed by atoms with E-state index >= 15 is 0 Å². The summed E-state index contributed by atoms with van der Waals surface area (Å²) in [6.07, 6.45) is 12.1. The van der Waals surface area contributed by atoms with Gasteiger partial charge in [0.2, 0.25) is 0 Å². The molecule has 1 atom stereocenters. The summed E-state index contributed by atoms with van der Waals surface area (Å²) in [5.74, 6) is 0. The zero-order chi connectivity index (χ0) is 7.68. The van der Waals surface area contributed by atoms with Gasteiger partial charge in [-0.25, -0.2) is 0 Å². The molecule has 1 heterocycles. The van der Waals surface area contributed by atoms with Gasteiger partial charge in [-0.3, -0.25) is 0 Å². The highest BCUT2D eigenvalue weighted by atomic mass is 35.5. The zero-order valence-electron chi connectivity index (χ0n) is 5.92. The summed E-state index contributed by atoms with van der Waals surface area (Å²) < 4.78 is 0. The Kier molecular flexibility index (Phi) is 1.59. The molecule has 2 rings (SSSR count). The van der Waals surface area contributed by atoms with Crippen molar-refractivity contribution >= 4 is 11.6 Å². The lowest BCUT2D eigenvalue weighted by molar-refractivity contribution is 0.914. The number of allylic oxidation sites excluding steroid dienone is 5. The zero-order valence-corrected chi connectivity index (χ0v) is 6.68. The molecule has 0 radical (unpaired) electrons. The molecule has 0 fully saturated rings. The van der Waals surface area contributed by atoms with Crippen LogP contribution >= 0.6 is 11.6 Å². The van der Waals surface area contributed by atoms with Crippen LogP contribution in [0.2, 0.25) is 0 Å². The van der Waals surface area contributed by atoms with E-state index in [0.717, 1.165) is 5.70 Å². The smallest absolute Gasteiger partial charge is 0.121 e. The third-order valence-electron chi connectivity index (χ3n) is 1.69. The van der Waals surface area contributed by atoms with Crippen molar-refractivity contribution < 1.29 is 0 Å². The predicted octanol–water partition coefficient (Wildman–Crippen LogP) is 2.09. The minimum Gasteiger partial charge on any atom is -0.366 e. The van der Waals surface area contributed by atoms with E-state index in [1.165, 1.54) is 5.57 Å². The van der Waals surface area contributed by atoms with Gasteiger partial charge in [0.05, 0.1) is 0 Å². The average Bonchev–Trinajstić information content (AvgIpc) is 2.17. The van der Waals surface area contributed by atoms with Gasteiger partial charge in [0.1, 0.15) is 5.50 Å². The monoisotopic (exact) mass is 165 g/mol. The first-order valence-electron chi connectivity index (χ1n) is 3.54. The molecule has 0 spiro atoms. The lowest BCUT2D eigenvalue weighted by atomic mass is 10.2. The number of alkyl halides is 1. The van der Waals surface area contributed by atoms with Crippen LogP contribution in [0, 0.1) is 0 Å². The predicted molar refractivity (Wildman–Crippen MR) is 47.2 cm³/mol. The Hall–Kier alpha value is -0.950. The maximum absolute atomic E-state index is 5.85. The molecule has 1 aliphatic carbocycles. The first kappa shape index (κ1) is 6.74. The van der Waals surface area contributed by atoms with Crippen LogP contribution in [0.15, 0.2) is 47.7 Å². The molecule has 0 aromatic carbocycles. The number of halogens is 1. The molecule has 0 bridgehead atoms. The van der Waals surface area contributed by atoms with Crippen molar-refractivity contribution in [3.05, 3.63) is 47.7 Å². The molecule has 0 amide bonds. The van der Waals surface area contributed by atoms with Gasteiger partial charge in [-0.15, -0.1) is 0 Å². The maximum atomic E-state index is 5.85. The summed E-state index contributed by atoms with van der Waals surface area (Å²) in [4.78, 5) is 0. The number of nitrogens with one attached hydrogen (secondary N) is 1. The van der Waals surface area contributed by atoms with Crippen molar-refractivity contribution in [1.29, 1.82) is 0 Å². The Labute approximate surface area is 70.7 Å².